The van der Waals surface area contributed by atoms with E-state index in [2.05, 4.69) is 26.1 Å². The lowest BCUT2D eigenvalue weighted by Crippen LogP contribution is -2.36. The van der Waals surface area contributed by atoms with Gasteiger partial charge in [0.25, 0.3) is 0 Å². The van der Waals surface area contributed by atoms with Crippen LogP contribution in [0.4, 0.5) is 11.4 Å². The number of ether oxygens (including phenoxy) is 1. The third-order valence-corrected chi connectivity index (χ3v) is 5.93. The van der Waals surface area contributed by atoms with Crippen molar-refractivity contribution in [3.8, 4) is 0 Å². The molecule has 1 aliphatic carbocycles. The van der Waals surface area contributed by atoms with Crippen LogP contribution >= 0.6 is 0 Å². The van der Waals surface area contributed by atoms with Crippen LogP contribution in [-0.4, -0.2) is 31.1 Å². The zero-order valence-corrected chi connectivity index (χ0v) is 16.7. The second-order valence-corrected chi connectivity index (χ2v) is 8.39. The number of amides is 2. The molecule has 0 bridgehead atoms. The minimum Gasteiger partial charge on any atom is -0.368 e. The predicted molar refractivity (Wildman–Crippen MR) is 108 cm³/mol. The van der Waals surface area contributed by atoms with Crippen molar-refractivity contribution in [3.63, 3.8) is 0 Å². The number of para-hydroxylation sites is 2. The van der Waals surface area contributed by atoms with Gasteiger partial charge < -0.3 is 15.0 Å². The first-order valence-corrected chi connectivity index (χ1v) is 10.3. The summed E-state index contributed by atoms with van der Waals surface area (Å²) in [5.41, 5.74) is 1.46. The van der Waals surface area contributed by atoms with Crippen LogP contribution in [0.3, 0.4) is 0 Å². The summed E-state index contributed by atoms with van der Waals surface area (Å²) in [6, 6.07) is 7.50. The fourth-order valence-corrected chi connectivity index (χ4v) is 4.39. The van der Waals surface area contributed by atoms with Crippen LogP contribution in [0.1, 0.15) is 52.9 Å². The molecular weight excluding hydrogens is 340 g/mol. The number of hydrogen-bond acceptors (Lipinski definition) is 3. The molecule has 5 nitrogen and oxygen atoms in total. The molecule has 0 aromatic heterocycles. The zero-order valence-electron chi connectivity index (χ0n) is 16.7. The molecule has 0 spiro atoms. The van der Waals surface area contributed by atoms with Crippen molar-refractivity contribution in [2.45, 2.75) is 59.0 Å². The summed E-state index contributed by atoms with van der Waals surface area (Å²) in [7, 11) is 0. The van der Waals surface area contributed by atoms with Crippen molar-refractivity contribution >= 4 is 23.2 Å². The van der Waals surface area contributed by atoms with Gasteiger partial charge in [0, 0.05) is 13.0 Å². The number of anilines is 2. The van der Waals surface area contributed by atoms with E-state index in [1.807, 2.05) is 24.3 Å². The molecule has 148 valence electrons. The molecule has 1 N–H and O–H groups in total. The van der Waals surface area contributed by atoms with Gasteiger partial charge in [-0.25, -0.2) is 0 Å². The van der Waals surface area contributed by atoms with Crippen LogP contribution in [0.2, 0.25) is 0 Å². The molecular formula is C22H32N2O3. The van der Waals surface area contributed by atoms with Gasteiger partial charge in [0.05, 0.1) is 17.5 Å². The fourth-order valence-electron chi connectivity index (χ4n) is 4.39. The number of nitrogens with one attached hydrogen (secondary N) is 1. The van der Waals surface area contributed by atoms with Gasteiger partial charge in [0.1, 0.15) is 6.61 Å². The lowest BCUT2D eigenvalue weighted by atomic mass is 9.75. The van der Waals surface area contributed by atoms with E-state index in [1.165, 1.54) is 12.8 Å². The quantitative estimate of drug-likeness (QED) is 0.813. The Kier molecular flexibility index (Phi) is 6.53. The second kappa shape index (κ2) is 8.87. The fraction of sp³-hybridized carbons (Fsp3) is 0.636. The minimum absolute atomic E-state index is 0.0584. The highest BCUT2D eigenvalue weighted by Gasteiger charge is 2.32. The molecule has 2 aliphatic rings. The summed E-state index contributed by atoms with van der Waals surface area (Å²) in [5.74, 6) is 1.68. The van der Waals surface area contributed by atoms with Crippen LogP contribution in [0.15, 0.2) is 24.3 Å². The molecule has 1 aromatic carbocycles. The first-order valence-electron chi connectivity index (χ1n) is 10.3. The average Bonchev–Trinajstić information content (AvgIpc) is 3.06. The second-order valence-electron chi connectivity index (χ2n) is 8.39. The third-order valence-electron chi connectivity index (χ3n) is 5.93. The Morgan fingerprint density at radius 1 is 1.30 bits per heavy atom. The predicted octanol–water partition coefficient (Wildman–Crippen LogP) is 4.23. The zero-order chi connectivity index (χ0) is 19.4. The Morgan fingerprint density at radius 2 is 2.07 bits per heavy atom. The maximum atomic E-state index is 12.5. The monoisotopic (exact) mass is 372 g/mol. The average molecular weight is 373 g/mol. The molecule has 2 fully saturated rings. The Morgan fingerprint density at radius 3 is 2.78 bits per heavy atom. The van der Waals surface area contributed by atoms with Crippen LogP contribution < -0.4 is 10.2 Å². The Hall–Kier alpha value is -1.88. The number of rotatable bonds is 6. The highest BCUT2D eigenvalue weighted by molar-refractivity contribution is 6.02. The lowest BCUT2D eigenvalue weighted by Gasteiger charge is -2.37. The summed E-state index contributed by atoms with van der Waals surface area (Å²) < 4.78 is 6.06. The van der Waals surface area contributed by atoms with Gasteiger partial charge in [-0.15, -0.1) is 0 Å². The first-order chi connectivity index (χ1) is 13.0. The number of nitrogens with zero attached hydrogens (tertiary/aromatic N) is 1. The van der Waals surface area contributed by atoms with Gasteiger partial charge in [-0.2, -0.15) is 0 Å². The molecule has 3 atom stereocenters. The number of hydrogen-bond donors (Lipinski definition) is 1. The van der Waals surface area contributed by atoms with Crippen LogP contribution in [0, 0.1) is 17.8 Å². The van der Waals surface area contributed by atoms with Gasteiger partial charge in [-0.1, -0.05) is 39.3 Å². The molecule has 1 saturated carbocycles. The van der Waals surface area contributed by atoms with E-state index >= 15 is 0 Å². The van der Waals surface area contributed by atoms with Gasteiger partial charge in [-0.3, -0.25) is 9.59 Å². The largest absolute Gasteiger partial charge is 0.368 e. The van der Waals surface area contributed by atoms with E-state index in [-0.39, 0.29) is 24.5 Å². The van der Waals surface area contributed by atoms with E-state index in [1.54, 1.807) is 4.90 Å². The standard InChI is InChI=1S/C22H32N2O3/c1-15(2)17-11-10-16(3)13-20(17)27-14-21(25)23-18-7-4-5-8-19(18)24-12-6-9-22(24)26/h4-5,7-8,15-17,20H,6,9-14H2,1-3H3,(H,23,25)/t16-,17-,20-/m1/s1. The van der Waals surface area contributed by atoms with Crippen LogP contribution in [-0.2, 0) is 14.3 Å². The normalized spacial score (nSPS) is 25.9. The molecule has 1 aliphatic heterocycles. The van der Waals surface area contributed by atoms with Crippen molar-refractivity contribution in [1.29, 1.82) is 0 Å². The Labute approximate surface area is 162 Å². The number of carbonyl (C=O) groups is 2. The topological polar surface area (TPSA) is 58.6 Å². The van der Waals surface area contributed by atoms with Crippen molar-refractivity contribution in [3.05, 3.63) is 24.3 Å². The number of benzene rings is 1. The molecule has 1 heterocycles. The van der Waals surface area contributed by atoms with E-state index < -0.39 is 0 Å². The lowest BCUT2D eigenvalue weighted by molar-refractivity contribution is -0.126. The molecule has 27 heavy (non-hydrogen) atoms. The van der Waals surface area contributed by atoms with Crippen LogP contribution in [0.25, 0.3) is 0 Å². The van der Waals surface area contributed by atoms with Gasteiger partial charge >= 0.3 is 0 Å². The van der Waals surface area contributed by atoms with E-state index in [4.69, 9.17) is 4.74 Å². The van der Waals surface area contributed by atoms with Crippen molar-refractivity contribution in [1.82, 2.24) is 0 Å². The molecule has 1 saturated heterocycles. The summed E-state index contributed by atoms with van der Waals surface area (Å²) in [6.45, 7) is 7.50. The smallest absolute Gasteiger partial charge is 0.250 e. The van der Waals surface area contributed by atoms with Gasteiger partial charge in [0.2, 0.25) is 11.8 Å². The Bertz CT molecular complexity index is 673. The molecule has 0 radical (unpaired) electrons. The maximum absolute atomic E-state index is 12.5. The van der Waals surface area contributed by atoms with Gasteiger partial charge in [0.15, 0.2) is 0 Å². The maximum Gasteiger partial charge on any atom is 0.250 e. The van der Waals surface area contributed by atoms with Crippen molar-refractivity contribution in [2.75, 3.05) is 23.4 Å². The molecule has 3 rings (SSSR count). The summed E-state index contributed by atoms with van der Waals surface area (Å²) in [5, 5.41) is 2.95. The van der Waals surface area contributed by atoms with Crippen molar-refractivity contribution < 1.29 is 14.3 Å². The van der Waals surface area contributed by atoms with E-state index in [0.29, 0.717) is 36.4 Å². The van der Waals surface area contributed by atoms with E-state index in [0.717, 1.165) is 18.5 Å². The first kappa shape index (κ1) is 19.9. The van der Waals surface area contributed by atoms with Crippen molar-refractivity contribution in [2.24, 2.45) is 17.8 Å². The molecule has 0 unspecified atom stereocenters. The summed E-state index contributed by atoms with van der Waals surface area (Å²) in [4.78, 5) is 26.3. The van der Waals surface area contributed by atoms with Crippen LogP contribution in [0.5, 0.6) is 0 Å². The Balaban J connectivity index is 1.60. The minimum atomic E-state index is -0.158. The number of carbonyl (C=O) groups excluding carboxylic acids is 2. The van der Waals surface area contributed by atoms with E-state index in [9.17, 15) is 9.59 Å². The van der Waals surface area contributed by atoms with Gasteiger partial charge in [-0.05, 0) is 49.1 Å². The highest BCUT2D eigenvalue weighted by atomic mass is 16.5. The highest BCUT2D eigenvalue weighted by Crippen LogP contribution is 2.35. The third kappa shape index (κ3) is 4.89. The molecule has 5 heteroatoms. The summed E-state index contributed by atoms with van der Waals surface area (Å²) in [6.07, 6.45) is 5.02. The molecule has 2 amide bonds. The SMILES string of the molecule is CC(C)[C@H]1CC[C@@H](C)C[C@H]1OCC(=O)Nc1ccccc1N1CCCC1=O. The summed E-state index contributed by atoms with van der Waals surface area (Å²) >= 11 is 0. The molecule has 1 aromatic rings.